The van der Waals surface area contributed by atoms with Gasteiger partial charge in [-0.15, -0.1) is 5.10 Å². The zero-order chi connectivity index (χ0) is 10.7. The lowest BCUT2D eigenvalue weighted by Gasteiger charge is -2.32. The van der Waals surface area contributed by atoms with Gasteiger partial charge in [-0.2, -0.15) is 5.10 Å². The van der Waals surface area contributed by atoms with Crippen molar-refractivity contribution in [2.45, 2.75) is 25.8 Å². The van der Waals surface area contributed by atoms with Crippen LogP contribution in [0.5, 0.6) is 0 Å². The largest absolute Gasteiger partial charge is 0.355 e. The van der Waals surface area contributed by atoms with Gasteiger partial charge in [0.1, 0.15) is 0 Å². The fourth-order valence-electron chi connectivity index (χ4n) is 1.96. The van der Waals surface area contributed by atoms with Crippen LogP contribution in [0.3, 0.4) is 0 Å². The highest BCUT2D eigenvalue weighted by Crippen LogP contribution is 2.16. The van der Waals surface area contributed by atoms with Crippen molar-refractivity contribution in [1.82, 2.24) is 15.5 Å². The maximum Gasteiger partial charge on any atom is 0.151 e. The number of nitrogens with one attached hydrogen (secondary N) is 1. The minimum Gasteiger partial charge on any atom is -0.355 e. The van der Waals surface area contributed by atoms with Crippen LogP contribution in [-0.2, 0) is 0 Å². The van der Waals surface area contributed by atoms with E-state index >= 15 is 0 Å². The van der Waals surface area contributed by atoms with Gasteiger partial charge in [0.05, 0.1) is 5.69 Å². The first-order valence-electron chi connectivity index (χ1n) is 5.51. The van der Waals surface area contributed by atoms with Crippen molar-refractivity contribution >= 4 is 5.82 Å². The van der Waals surface area contributed by atoms with Gasteiger partial charge in [-0.05, 0) is 45.0 Å². The second kappa shape index (κ2) is 4.57. The van der Waals surface area contributed by atoms with Gasteiger partial charge in [0.2, 0.25) is 0 Å². The lowest BCUT2D eigenvalue weighted by Crippen LogP contribution is -2.41. The smallest absolute Gasteiger partial charge is 0.151 e. The lowest BCUT2D eigenvalue weighted by atomic mass is 10.1. The van der Waals surface area contributed by atoms with E-state index in [-0.39, 0.29) is 0 Å². The van der Waals surface area contributed by atoms with Gasteiger partial charge >= 0.3 is 0 Å². The van der Waals surface area contributed by atoms with E-state index < -0.39 is 0 Å². The van der Waals surface area contributed by atoms with Crippen LogP contribution in [0.25, 0.3) is 0 Å². The minimum atomic E-state index is 0.600. The van der Waals surface area contributed by atoms with E-state index in [0.717, 1.165) is 24.6 Å². The topological polar surface area (TPSA) is 41.0 Å². The van der Waals surface area contributed by atoms with E-state index in [1.807, 2.05) is 19.1 Å². The Labute approximate surface area is 90.7 Å². The third kappa shape index (κ3) is 2.45. The van der Waals surface area contributed by atoms with E-state index in [1.165, 1.54) is 12.8 Å². The summed E-state index contributed by atoms with van der Waals surface area (Å²) >= 11 is 0. The van der Waals surface area contributed by atoms with Gasteiger partial charge < -0.3 is 10.2 Å². The van der Waals surface area contributed by atoms with Crippen LogP contribution in [0.15, 0.2) is 12.1 Å². The molecule has 1 aliphatic heterocycles. The maximum atomic E-state index is 4.21. The summed E-state index contributed by atoms with van der Waals surface area (Å²) in [6.45, 7) is 4.17. The minimum absolute atomic E-state index is 0.600. The van der Waals surface area contributed by atoms with E-state index in [1.54, 1.807) is 0 Å². The first-order valence-corrected chi connectivity index (χ1v) is 5.51. The molecule has 0 amide bonds. The first kappa shape index (κ1) is 10.4. The molecule has 0 bridgehead atoms. The maximum absolute atomic E-state index is 4.21. The molecular weight excluding hydrogens is 188 g/mol. The molecule has 4 nitrogen and oxygen atoms in total. The Morgan fingerprint density at radius 1 is 1.27 bits per heavy atom. The number of nitrogens with zero attached hydrogens (tertiary/aromatic N) is 3. The third-order valence-corrected chi connectivity index (χ3v) is 3.00. The highest BCUT2D eigenvalue weighted by Gasteiger charge is 2.18. The number of hydrogen-bond acceptors (Lipinski definition) is 4. The van der Waals surface area contributed by atoms with Crippen LogP contribution in [0.1, 0.15) is 18.5 Å². The molecule has 1 fully saturated rings. The number of hydrogen-bond donors (Lipinski definition) is 1. The average molecular weight is 206 g/mol. The zero-order valence-corrected chi connectivity index (χ0v) is 9.40. The second-order valence-electron chi connectivity index (χ2n) is 4.12. The zero-order valence-electron chi connectivity index (χ0n) is 9.40. The second-order valence-corrected chi connectivity index (χ2v) is 4.12. The van der Waals surface area contributed by atoms with E-state index in [4.69, 9.17) is 0 Å². The monoisotopic (exact) mass is 206 g/mol. The number of rotatable bonds is 2. The molecule has 1 N–H and O–H groups in total. The van der Waals surface area contributed by atoms with Gasteiger partial charge in [-0.3, -0.25) is 0 Å². The van der Waals surface area contributed by atoms with Gasteiger partial charge in [-0.1, -0.05) is 0 Å². The molecule has 0 saturated carbocycles. The van der Waals surface area contributed by atoms with Crippen molar-refractivity contribution in [1.29, 1.82) is 0 Å². The molecule has 82 valence electrons. The van der Waals surface area contributed by atoms with Crippen LogP contribution in [0.4, 0.5) is 5.82 Å². The predicted molar refractivity (Wildman–Crippen MR) is 61.1 cm³/mol. The normalized spacial score (nSPS) is 17.7. The fraction of sp³-hybridized carbons (Fsp3) is 0.636. The highest BCUT2D eigenvalue weighted by atomic mass is 15.3. The van der Waals surface area contributed by atoms with Gasteiger partial charge in [0, 0.05) is 13.1 Å². The Hall–Kier alpha value is -1.16. The molecule has 15 heavy (non-hydrogen) atoms. The van der Waals surface area contributed by atoms with Crippen molar-refractivity contribution in [3.8, 4) is 0 Å². The summed E-state index contributed by atoms with van der Waals surface area (Å²) in [5.41, 5.74) is 0.970. The summed E-state index contributed by atoms with van der Waals surface area (Å²) in [5, 5.41) is 11.7. The van der Waals surface area contributed by atoms with Crippen LogP contribution in [-0.4, -0.2) is 36.4 Å². The van der Waals surface area contributed by atoms with Gasteiger partial charge in [0.15, 0.2) is 5.82 Å². The van der Waals surface area contributed by atoms with Gasteiger partial charge in [0.25, 0.3) is 0 Å². The number of anilines is 1. The molecule has 0 atom stereocenters. The van der Waals surface area contributed by atoms with Gasteiger partial charge in [-0.25, -0.2) is 0 Å². The molecule has 1 saturated heterocycles. The van der Waals surface area contributed by atoms with Crippen LogP contribution >= 0.6 is 0 Å². The molecule has 0 spiro atoms. The molecule has 1 aromatic rings. The SMILES string of the molecule is Cc1ccc(N(C)C2CCNCC2)nn1. The molecule has 2 rings (SSSR count). The summed E-state index contributed by atoms with van der Waals surface area (Å²) < 4.78 is 0. The summed E-state index contributed by atoms with van der Waals surface area (Å²) in [7, 11) is 2.11. The summed E-state index contributed by atoms with van der Waals surface area (Å²) in [6.07, 6.45) is 2.37. The molecule has 4 heteroatoms. The number of aryl methyl sites for hydroxylation is 1. The van der Waals surface area contributed by atoms with Crippen molar-refractivity contribution in [2.24, 2.45) is 0 Å². The Balaban J connectivity index is 2.05. The molecule has 1 aliphatic rings. The van der Waals surface area contributed by atoms with Crippen LogP contribution in [0, 0.1) is 6.92 Å². The molecular formula is C11H18N4. The van der Waals surface area contributed by atoms with Crippen LogP contribution in [0.2, 0.25) is 0 Å². The molecule has 0 unspecified atom stereocenters. The quantitative estimate of drug-likeness (QED) is 0.783. The van der Waals surface area contributed by atoms with E-state index in [2.05, 4.69) is 27.5 Å². The average Bonchev–Trinajstić information content (AvgIpc) is 2.30. The molecule has 0 aliphatic carbocycles. The van der Waals surface area contributed by atoms with Crippen molar-refractivity contribution in [3.05, 3.63) is 17.8 Å². The predicted octanol–water partition coefficient (Wildman–Crippen LogP) is 0.973. The fourth-order valence-corrected chi connectivity index (χ4v) is 1.96. The number of piperidine rings is 1. The number of aromatic nitrogens is 2. The Kier molecular flexibility index (Phi) is 3.16. The lowest BCUT2D eigenvalue weighted by molar-refractivity contribution is 0.441. The third-order valence-electron chi connectivity index (χ3n) is 3.00. The Morgan fingerprint density at radius 3 is 2.60 bits per heavy atom. The van der Waals surface area contributed by atoms with Crippen LogP contribution < -0.4 is 10.2 Å². The Bertz CT molecular complexity index is 303. The molecule has 1 aromatic heterocycles. The highest BCUT2D eigenvalue weighted by molar-refractivity contribution is 5.37. The summed E-state index contributed by atoms with van der Waals surface area (Å²) in [4.78, 5) is 2.24. The van der Waals surface area contributed by atoms with Crippen molar-refractivity contribution < 1.29 is 0 Å². The summed E-state index contributed by atoms with van der Waals surface area (Å²) in [6, 6.07) is 4.66. The first-order chi connectivity index (χ1) is 7.27. The van der Waals surface area contributed by atoms with Crippen molar-refractivity contribution in [3.63, 3.8) is 0 Å². The molecule has 0 aromatic carbocycles. The molecule has 2 heterocycles. The van der Waals surface area contributed by atoms with Crippen molar-refractivity contribution in [2.75, 3.05) is 25.0 Å². The van der Waals surface area contributed by atoms with E-state index in [0.29, 0.717) is 6.04 Å². The molecule has 0 radical (unpaired) electrons. The van der Waals surface area contributed by atoms with E-state index in [9.17, 15) is 0 Å². The standard InChI is InChI=1S/C11H18N4/c1-9-3-4-11(14-13-9)15(2)10-5-7-12-8-6-10/h3-4,10,12H,5-8H2,1-2H3. The summed E-state index contributed by atoms with van der Waals surface area (Å²) in [5.74, 6) is 0.979. The Morgan fingerprint density at radius 2 is 2.00 bits per heavy atom.